The molecule has 0 unspecified atom stereocenters. The Morgan fingerprint density at radius 2 is 1.71 bits per heavy atom. The Hall–Kier alpha value is -0.970. The van der Waals surface area contributed by atoms with Crippen molar-refractivity contribution in [1.82, 2.24) is 0 Å². The molecule has 0 aliphatic rings. The summed E-state index contributed by atoms with van der Waals surface area (Å²) in [5.41, 5.74) is -0.0386. The predicted molar refractivity (Wildman–Crippen MR) is 65.3 cm³/mol. The molecular formula is C12H13BrF2O2. The van der Waals surface area contributed by atoms with Crippen molar-refractivity contribution in [2.24, 2.45) is 0 Å². The first-order valence-corrected chi connectivity index (χ1v) is 5.75. The van der Waals surface area contributed by atoms with Crippen LogP contribution in [0.5, 0.6) is 5.75 Å². The number of benzene rings is 1. The standard InChI is InChI=1S/C12H13BrF2O2/c1-11(2,13)12(14,15)10(16)8-4-6-9(17-3)7-5-8/h4-7H,1-3H3. The van der Waals surface area contributed by atoms with Crippen LogP contribution in [0.25, 0.3) is 0 Å². The fourth-order valence-corrected chi connectivity index (χ4v) is 1.37. The molecule has 0 radical (unpaired) electrons. The highest BCUT2D eigenvalue weighted by atomic mass is 79.9. The van der Waals surface area contributed by atoms with E-state index in [1.807, 2.05) is 0 Å². The van der Waals surface area contributed by atoms with Crippen molar-refractivity contribution >= 4 is 21.7 Å². The fraction of sp³-hybridized carbons (Fsp3) is 0.417. The SMILES string of the molecule is COc1ccc(C(=O)C(F)(F)C(C)(C)Br)cc1. The second-order valence-electron chi connectivity index (χ2n) is 4.10. The van der Waals surface area contributed by atoms with E-state index in [4.69, 9.17) is 4.74 Å². The van der Waals surface area contributed by atoms with Crippen LogP contribution in [-0.4, -0.2) is 23.1 Å². The average molecular weight is 307 g/mol. The monoisotopic (exact) mass is 306 g/mol. The van der Waals surface area contributed by atoms with Gasteiger partial charge < -0.3 is 4.74 Å². The van der Waals surface area contributed by atoms with E-state index in [2.05, 4.69) is 15.9 Å². The Morgan fingerprint density at radius 3 is 2.06 bits per heavy atom. The summed E-state index contributed by atoms with van der Waals surface area (Å²) in [6, 6.07) is 5.61. The first-order chi connectivity index (χ1) is 7.70. The van der Waals surface area contributed by atoms with E-state index >= 15 is 0 Å². The topological polar surface area (TPSA) is 26.3 Å². The molecule has 1 rings (SSSR count). The van der Waals surface area contributed by atoms with Gasteiger partial charge in [0.05, 0.1) is 11.4 Å². The molecule has 0 bridgehead atoms. The van der Waals surface area contributed by atoms with Gasteiger partial charge in [-0.2, -0.15) is 8.78 Å². The van der Waals surface area contributed by atoms with Gasteiger partial charge in [0.2, 0.25) is 5.78 Å². The number of Topliss-reactive ketones (excluding diaryl/α,β-unsaturated/α-hetero) is 1. The van der Waals surface area contributed by atoms with Gasteiger partial charge in [-0.15, -0.1) is 0 Å². The van der Waals surface area contributed by atoms with Crippen molar-refractivity contribution in [3.63, 3.8) is 0 Å². The Kier molecular flexibility index (Phi) is 3.91. The number of alkyl halides is 3. The molecule has 94 valence electrons. The maximum Gasteiger partial charge on any atom is 0.324 e. The lowest BCUT2D eigenvalue weighted by molar-refractivity contribution is -0.00692. The molecule has 0 spiro atoms. The van der Waals surface area contributed by atoms with Crippen LogP contribution in [-0.2, 0) is 0 Å². The van der Waals surface area contributed by atoms with Crippen LogP contribution < -0.4 is 4.74 Å². The molecule has 1 aromatic rings. The number of hydrogen-bond donors (Lipinski definition) is 0. The highest BCUT2D eigenvalue weighted by Crippen LogP contribution is 2.38. The van der Waals surface area contributed by atoms with E-state index in [1.54, 1.807) is 0 Å². The van der Waals surface area contributed by atoms with Gasteiger partial charge in [-0.05, 0) is 38.1 Å². The Labute approximate surface area is 107 Å². The summed E-state index contributed by atoms with van der Waals surface area (Å²) < 4.78 is 30.8. The van der Waals surface area contributed by atoms with Gasteiger partial charge in [-0.25, -0.2) is 0 Å². The third-order valence-electron chi connectivity index (χ3n) is 2.38. The number of carbonyl (C=O) groups excluding carboxylic acids is 1. The minimum atomic E-state index is -3.47. The van der Waals surface area contributed by atoms with Gasteiger partial charge >= 0.3 is 5.92 Å². The first kappa shape index (κ1) is 14.1. The van der Waals surface area contributed by atoms with Crippen LogP contribution in [0.2, 0.25) is 0 Å². The number of halogens is 3. The minimum Gasteiger partial charge on any atom is -0.497 e. The third-order valence-corrected chi connectivity index (χ3v) is 2.88. The molecule has 0 amide bonds. The number of hydrogen-bond acceptors (Lipinski definition) is 2. The van der Waals surface area contributed by atoms with Crippen LogP contribution in [0.1, 0.15) is 24.2 Å². The molecule has 0 atom stereocenters. The second kappa shape index (κ2) is 4.72. The second-order valence-corrected chi connectivity index (χ2v) is 6.09. The molecule has 5 heteroatoms. The Balaban J connectivity index is 3.04. The van der Waals surface area contributed by atoms with Crippen molar-refractivity contribution in [2.45, 2.75) is 24.1 Å². The smallest absolute Gasteiger partial charge is 0.324 e. The van der Waals surface area contributed by atoms with Crippen molar-refractivity contribution in [3.8, 4) is 5.75 Å². The van der Waals surface area contributed by atoms with E-state index in [1.165, 1.54) is 45.2 Å². The van der Waals surface area contributed by atoms with Crippen LogP contribution >= 0.6 is 15.9 Å². The summed E-state index contributed by atoms with van der Waals surface area (Å²) >= 11 is 2.83. The molecule has 0 heterocycles. The average Bonchev–Trinajstić information content (AvgIpc) is 2.26. The van der Waals surface area contributed by atoms with E-state index in [0.717, 1.165) is 0 Å². The van der Waals surface area contributed by atoms with Gasteiger partial charge in [-0.1, -0.05) is 15.9 Å². The van der Waals surface area contributed by atoms with Gasteiger partial charge in [0, 0.05) is 5.56 Å². The molecule has 0 aliphatic carbocycles. The van der Waals surface area contributed by atoms with Crippen molar-refractivity contribution < 1.29 is 18.3 Å². The van der Waals surface area contributed by atoms with Gasteiger partial charge in [-0.3, -0.25) is 4.79 Å². The number of methoxy groups -OCH3 is 1. The lowest BCUT2D eigenvalue weighted by atomic mass is 9.96. The van der Waals surface area contributed by atoms with Gasteiger partial charge in [0.25, 0.3) is 0 Å². The number of carbonyl (C=O) groups is 1. The van der Waals surface area contributed by atoms with E-state index in [0.29, 0.717) is 5.75 Å². The largest absolute Gasteiger partial charge is 0.497 e. The summed E-state index contributed by atoms with van der Waals surface area (Å²) in [4.78, 5) is 11.7. The lowest BCUT2D eigenvalue weighted by Crippen LogP contribution is -2.44. The molecule has 0 aliphatic heterocycles. The van der Waals surface area contributed by atoms with Crippen molar-refractivity contribution in [3.05, 3.63) is 29.8 Å². The van der Waals surface area contributed by atoms with Crippen molar-refractivity contribution in [2.75, 3.05) is 7.11 Å². The van der Waals surface area contributed by atoms with E-state index in [9.17, 15) is 13.6 Å². The number of rotatable bonds is 4. The minimum absolute atomic E-state index is 0.0386. The summed E-state index contributed by atoms with van der Waals surface area (Å²) in [7, 11) is 1.47. The molecule has 0 fully saturated rings. The van der Waals surface area contributed by atoms with Crippen molar-refractivity contribution in [1.29, 1.82) is 0 Å². The zero-order valence-corrected chi connectivity index (χ0v) is 11.3. The molecule has 2 nitrogen and oxygen atoms in total. The lowest BCUT2D eigenvalue weighted by Gasteiger charge is -2.27. The molecule has 1 aromatic carbocycles. The summed E-state index contributed by atoms with van der Waals surface area (Å²) in [6.45, 7) is 2.52. The summed E-state index contributed by atoms with van der Waals surface area (Å²) in [5, 5.41) is 0. The van der Waals surface area contributed by atoms with Gasteiger partial charge in [0.1, 0.15) is 5.75 Å². The van der Waals surface area contributed by atoms with E-state index in [-0.39, 0.29) is 5.56 Å². The highest BCUT2D eigenvalue weighted by Gasteiger charge is 2.51. The first-order valence-electron chi connectivity index (χ1n) is 4.95. The summed E-state index contributed by atoms with van der Waals surface area (Å²) in [6.07, 6.45) is 0. The molecule has 0 saturated heterocycles. The third kappa shape index (κ3) is 2.83. The normalized spacial score (nSPS) is 12.4. The summed E-state index contributed by atoms with van der Waals surface area (Å²) in [5.74, 6) is -4.16. The Bertz CT molecular complexity index is 408. The quantitative estimate of drug-likeness (QED) is 0.626. The molecule has 17 heavy (non-hydrogen) atoms. The maximum absolute atomic E-state index is 13.8. The number of ketones is 1. The van der Waals surface area contributed by atoms with E-state index < -0.39 is 16.0 Å². The Morgan fingerprint density at radius 1 is 1.24 bits per heavy atom. The number of ether oxygens (including phenoxy) is 1. The molecular weight excluding hydrogens is 294 g/mol. The fourth-order valence-electron chi connectivity index (χ4n) is 1.19. The molecule has 0 aromatic heterocycles. The maximum atomic E-state index is 13.8. The zero-order valence-electron chi connectivity index (χ0n) is 9.76. The van der Waals surface area contributed by atoms with Gasteiger partial charge in [0.15, 0.2) is 0 Å². The molecule has 0 saturated carbocycles. The predicted octanol–water partition coefficient (Wildman–Crippen LogP) is 3.69. The zero-order chi connectivity index (χ0) is 13.3. The van der Waals surface area contributed by atoms with Crippen LogP contribution in [0.4, 0.5) is 8.78 Å². The highest BCUT2D eigenvalue weighted by molar-refractivity contribution is 9.10. The van der Waals surface area contributed by atoms with Crippen LogP contribution in [0, 0.1) is 0 Å². The van der Waals surface area contributed by atoms with Crippen LogP contribution in [0.3, 0.4) is 0 Å². The molecule has 0 N–H and O–H groups in total. The van der Waals surface area contributed by atoms with Crippen LogP contribution in [0.15, 0.2) is 24.3 Å².